The molecule has 1 fully saturated rings. The number of benzene rings is 2. The van der Waals surface area contributed by atoms with Crippen LogP contribution in [0.2, 0.25) is 0 Å². The standard InChI is InChI=1S/C22H20F2N2O4S/c1-13-6-9-18(30-21(23)24)16(12-13)22(10-11-22)20(27)26-31(28,29)19-5-3-4-17-15(19)8-7-14(2)25-17/h3-9,12,21H,10-11H2,1-2H3,(H,26,27). The number of fused-ring (bicyclic) bond motifs is 1. The molecule has 0 aliphatic heterocycles. The van der Waals surface area contributed by atoms with Gasteiger partial charge in [0.05, 0.1) is 15.8 Å². The Balaban J connectivity index is 1.70. The maximum absolute atomic E-state index is 13.1. The van der Waals surface area contributed by atoms with E-state index in [0.29, 0.717) is 23.7 Å². The van der Waals surface area contributed by atoms with Crippen LogP contribution in [0.4, 0.5) is 8.78 Å². The van der Waals surface area contributed by atoms with Crippen LogP contribution in [-0.2, 0) is 20.2 Å². The third-order valence-corrected chi connectivity index (χ3v) is 6.79. The predicted octanol–water partition coefficient (Wildman–Crippen LogP) is 3.99. The minimum absolute atomic E-state index is 0.0741. The molecule has 1 heterocycles. The number of nitrogens with zero attached hydrogens (tertiary/aromatic N) is 1. The first-order chi connectivity index (χ1) is 14.6. The molecule has 6 nitrogen and oxygen atoms in total. The summed E-state index contributed by atoms with van der Waals surface area (Å²) in [6.45, 7) is 0.488. The van der Waals surface area contributed by atoms with Crippen LogP contribution < -0.4 is 9.46 Å². The Bertz CT molecular complexity index is 1290. The molecule has 2 aromatic carbocycles. The van der Waals surface area contributed by atoms with Gasteiger partial charge >= 0.3 is 6.61 Å². The summed E-state index contributed by atoms with van der Waals surface area (Å²) in [6.07, 6.45) is 0.654. The van der Waals surface area contributed by atoms with E-state index in [1.165, 1.54) is 12.1 Å². The first-order valence-corrected chi connectivity index (χ1v) is 11.1. The van der Waals surface area contributed by atoms with E-state index in [1.54, 1.807) is 50.2 Å². The van der Waals surface area contributed by atoms with Crippen LogP contribution in [0.5, 0.6) is 5.75 Å². The molecule has 1 amide bonds. The fraction of sp³-hybridized carbons (Fsp3) is 0.273. The highest BCUT2D eigenvalue weighted by Crippen LogP contribution is 2.52. The predicted molar refractivity (Wildman–Crippen MR) is 111 cm³/mol. The Hall–Kier alpha value is -3.07. The van der Waals surface area contributed by atoms with Crippen molar-refractivity contribution in [3.63, 3.8) is 0 Å². The van der Waals surface area contributed by atoms with E-state index in [-0.39, 0.29) is 16.2 Å². The van der Waals surface area contributed by atoms with Gasteiger partial charge in [-0.3, -0.25) is 9.78 Å². The van der Waals surface area contributed by atoms with Gasteiger partial charge in [0.25, 0.3) is 10.0 Å². The lowest BCUT2D eigenvalue weighted by atomic mass is 9.93. The molecule has 1 aliphatic carbocycles. The lowest BCUT2D eigenvalue weighted by molar-refractivity contribution is -0.122. The van der Waals surface area contributed by atoms with Crippen molar-refractivity contribution in [2.45, 2.75) is 43.6 Å². The number of aryl methyl sites for hydroxylation is 2. The van der Waals surface area contributed by atoms with E-state index < -0.39 is 28.0 Å². The van der Waals surface area contributed by atoms with Crippen LogP contribution in [0.15, 0.2) is 53.4 Å². The van der Waals surface area contributed by atoms with Crippen molar-refractivity contribution in [1.29, 1.82) is 0 Å². The smallest absolute Gasteiger partial charge is 0.387 e. The van der Waals surface area contributed by atoms with E-state index in [1.807, 2.05) is 0 Å². The molecule has 31 heavy (non-hydrogen) atoms. The van der Waals surface area contributed by atoms with Crippen LogP contribution in [0.1, 0.15) is 29.7 Å². The molecule has 1 aromatic heterocycles. The number of hydrogen-bond acceptors (Lipinski definition) is 5. The largest absolute Gasteiger partial charge is 0.435 e. The summed E-state index contributed by atoms with van der Waals surface area (Å²) in [6, 6.07) is 12.5. The molecule has 3 aromatic rings. The Morgan fingerprint density at radius 1 is 1.13 bits per heavy atom. The van der Waals surface area contributed by atoms with Gasteiger partial charge in [-0.05, 0) is 57.0 Å². The van der Waals surface area contributed by atoms with E-state index in [0.717, 1.165) is 11.3 Å². The normalized spacial score (nSPS) is 15.1. The number of pyridine rings is 1. The number of halogens is 2. The van der Waals surface area contributed by atoms with Crippen molar-refractivity contribution in [3.05, 3.63) is 65.4 Å². The van der Waals surface area contributed by atoms with Crippen LogP contribution in [-0.4, -0.2) is 25.9 Å². The average Bonchev–Trinajstić information content (AvgIpc) is 3.50. The zero-order valence-electron chi connectivity index (χ0n) is 16.9. The highest BCUT2D eigenvalue weighted by molar-refractivity contribution is 7.90. The van der Waals surface area contributed by atoms with Crippen LogP contribution >= 0.6 is 0 Å². The number of nitrogens with one attached hydrogen (secondary N) is 1. The van der Waals surface area contributed by atoms with E-state index in [9.17, 15) is 22.0 Å². The van der Waals surface area contributed by atoms with Gasteiger partial charge in [0.1, 0.15) is 5.75 Å². The van der Waals surface area contributed by atoms with Gasteiger partial charge in [0.2, 0.25) is 5.91 Å². The monoisotopic (exact) mass is 446 g/mol. The Labute approximate surface area is 178 Å². The number of alkyl halides is 2. The highest BCUT2D eigenvalue weighted by atomic mass is 32.2. The second-order valence-corrected chi connectivity index (χ2v) is 9.32. The van der Waals surface area contributed by atoms with Crippen molar-refractivity contribution in [2.75, 3.05) is 0 Å². The maximum Gasteiger partial charge on any atom is 0.387 e. The minimum atomic E-state index is -4.22. The molecule has 0 saturated heterocycles. The first-order valence-electron chi connectivity index (χ1n) is 9.62. The number of hydrogen-bond donors (Lipinski definition) is 1. The number of sulfonamides is 1. The topological polar surface area (TPSA) is 85.4 Å². The van der Waals surface area contributed by atoms with Gasteiger partial charge in [-0.15, -0.1) is 0 Å². The fourth-order valence-electron chi connectivity index (χ4n) is 3.70. The molecule has 9 heteroatoms. The van der Waals surface area contributed by atoms with Crippen molar-refractivity contribution in [3.8, 4) is 5.75 Å². The zero-order chi connectivity index (χ0) is 22.4. The van der Waals surface area contributed by atoms with E-state index >= 15 is 0 Å². The average molecular weight is 446 g/mol. The summed E-state index contributed by atoms with van der Waals surface area (Å²) >= 11 is 0. The summed E-state index contributed by atoms with van der Waals surface area (Å²) in [5.74, 6) is -0.898. The Kier molecular flexibility index (Phi) is 5.17. The van der Waals surface area contributed by atoms with Crippen LogP contribution in [0.25, 0.3) is 10.9 Å². The number of aromatic nitrogens is 1. The third-order valence-electron chi connectivity index (χ3n) is 5.40. The summed E-state index contributed by atoms with van der Waals surface area (Å²) < 4.78 is 58.6. The Morgan fingerprint density at radius 2 is 1.87 bits per heavy atom. The first kappa shape index (κ1) is 21.2. The summed E-state index contributed by atoms with van der Waals surface area (Å²) in [5.41, 5.74) is 0.990. The lowest BCUT2D eigenvalue weighted by Gasteiger charge is -2.20. The molecule has 4 rings (SSSR count). The molecule has 1 aliphatic rings. The molecule has 1 N–H and O–H groups in total. The number of carbonyl (C=O) groups excluding carboxylic acids is 1. The van der Waals surface area contributed by atoms with Crippen molar-refractivity contribution in [2.24, 2.45) is 0 Å². The minimum Gasteiger partial charge on any atom is -0.435 e. The fourth-order valence-corrected chi connectivity index (χ4v) is 4.97. The second-order valence-electron chi connectivity index (χ2n) is 7.67. The SMILES string of the molecule is Cc1ccc(OC(F)F)c(C2(C(=O)NS(=O)(=O)c3cccc4nc(C)ccc34)CC2)c1. The number of ether oxygens (including phenoxy) is 1. The molecule has 1 saturated carbocycles. The summed E-state index contributed by atoms with van der Waals surface area (Å²) in [7, 11) is -4.22. The molecule has 0 radical (unpaired) electrons. The lowest BCUT2D eigenvalue weighted by Crippen LogP contribution is -2.39. The molecule has 162 valence electrons. The van der Waals surface area contributed by atoms with Crippen molar-refractivity contribution >= 4 is 26.8 Å². The summed E-state index contributed by atoms with van der Waals surface area (Å²) in [4.78, 5) is 17.4. The maximum atomic E-state index is 13.1. The molecule has 0 bridgehead atoms. The van der Waals surface area contributed by atoms with E-state index in [4.69, 9.17) is 0 Å². The molecular formula is C22H20F2N2O4S. The quantitative estimate of drug-likeness (QED) is 0.619. The molecule has 0 spiro atoms. The van der Waals surface area contributed by atoms with Gasteiger partial charge in [-0.25, -0.2) is 13.1 Å². The van der Waals surface area contributed by atoms with Gasteiger partial charge in [0.15, 0.2) is 0 Å². The highest BCUT2D eigenvalue weighted by Gasteiger charge is 2.54. The van der Waals surface area contributed by atoms with Crippen molar-refractivity contribution in [1.82, 2.24) is 9.71 Å². The van der Waals surface area contributed by atoms with Crippen LogP contribution in [0.3, 0.4) is 0 Å². The van der Waals surface area contributed by atoms with Gasteiger partial charge in [0, 0.05) is 16.6 Å². The van der Waals surface area contributed by atoms with Crippen molar-refractivity contribution < 1.29 is 26.7 Å². The molecule has 0 atom stereocenters. The molecular weight excluding hydrogens is 426 g/mol. The third kappa shape index (κ3) is 3.97. The molecule has 0 unspecified atom stereocenters. The number of carbonyl (C=O) groups is 1. The van der Waals surface area contributed by atoms with Gasteiger partial charge in [-0.2, -0.15) is 8.78 Å². The second kappa shape index (κ2) is 7.56. The van der Waals surface area contributed by atoms with Gasteiger partial charge in [-0.1, -0.05) is 23.8 Å². The Morgan fingerprint density at radius 3 is 2.55 bits per heavy atom. The zero-order valence-corrected chi connectivity index (χ0v) is 17.7. The summed E-state index contributed by atoms with van der Waals surface area (Å²) in [5, 5.41) is 0.385. The number of rotatable bonds is 6. The van der Waals surface area contributed by atoms with E-state index in [2.05, 4.69) is 14.4 Å². The van der Waals surface area contributed by atoms with Crippen LogP contribution in [0, 0.1) is 13.8 Å². The van der Waals surface area contributed by atoms with Gasteiger partial charge < -0.3 is 4.74 Å². The number of amides is 1.